The van der Waals surface area contributed by atoms with Crippen LogP contribution in [0.1, 0.15) is 6.42 Å². The van der Waals surface area contributed by atoms with Crippen LogP contribution in [0.4, 0.5) is 13.2 Å². The molecule has 13 heteroatoms. The minimum Gasteiger partial charge on any atom is -0.484 e. The monoisotopic (exact) mass is 484 g/mol. The van der Waals surface area contributed by atoms with Crippen molar-refractivity contribution in [3.63, 3.8) is 0 Å². The van der Waals surface area contributed by atoms with Gasteiger partial charge in [0.1, 0.15) is 21.9 Å². The number of rotatable bonds is 9. The second-order valence-corrected chi connectivity index (χ2v) is 9.18. The van der Waals surface area contributed by atoms with Crippen LogP contribution in [-0.2, 0) is 9.84 Å². The molecule has 176 valence electrons. The van der Waals surface area contributed by atoms with Gasteiger partial charge in [-0.15, -0.1) is 0 Å². The molecule has 0 atom stereocenters. The van der Waals surface area contributed by atoms with Gasteiger partial charge in [-0.3, -0.25) is 4.79 Å². The van der Waals surface area contributed by atoms with Crippen LogP contribution in [0, 0.1) is 0 Å². The van der Waals surface area contributed by atoms with Gasteiger partial charge in [0, 0.05) is 18.5 Å². The van der Waals surface area contributed by atoms with E-state index in [1.807, 2.05) is 0 Å². The van der Waals surface area contributed by atoms with Gasteiger partial charge in [-0.05, 0) is 36.8 Å². The fourth-order valence-electron chi connectivity index (χ4n) is 2.71. The van der Waals surface area contributed by atoms with Crippen LogP contribution in [0.3, 0.4) is 0 Å². The van der Waals surface area contributed by atoms with E-state index >= 15 is 0 Å². The number of nitrogens with zero attached hydrogens (tertiary/aromatic N) is 4. The Hall–Kier alpha value is -3.48. The third kappa shape index (κ3) is 7.27. The normalized spacial score (nSPS) is 11.9. The molecule has 0 aliphatic carbocycles. The zero-order valence-electron chi connectivity index (χ0n) is 17.3. The van der Waals surface area contributed by atoms with Gasteiger partial charge in [0.25, 0.3) is 5.56 Å². The number of halogens is 3. The molecule has 0 amide bonds. The van der Waals surface area contributed by atoms with E-state index in [0.29, 0.717) is 5.69 Å². The lowest BCUT2D eigenvalue weighted by Gasteiger charge is -2.15. The molecule has 0 aliphatic rings. The van der Waals surface area contributed by atoms with Gasteiger partial charge in [-0.1, -0.05) is 0 Å². The maximum absolute atomic E-state index is 12.9. The predicted octanol–water partition coefficient (Wildman–Crippen LogP) is 2.44. The highest BCUT2D eigenvalue weighted by atomic mass is 32.2. The average Bonchev–Trinajstić information content (AvgIpc) is 2.75. The molecule has 0 unspecified atom stereocenters. The van der Waals surface area contributed by atoms with E-state index in [4.69, 9.17) is 4.74 Å². The van der Waals surface area contributed by atoms with Gasteiger partial charge < -0.3 is 9.47 Å². The van der Waals surface area contributed by atoms with Crippen molar-refractivity contribution in [2.45, 2.75) is 12.6 Å². The van der Waals surface area contributed by atoms with E-state index in [1.54, 1.807) is 6.07 Å². The molecule has 3 aromatic rings. The molecule has 0 fully saturated rings. The zero-order valence-corrected chi connectivity index (χ0v) is 18.1. The average molecular weight is 484 g/mol. The predicted molar refractivity (Wildman–Crippen MR) is 112 cm³/mol. The van der Waals surface area contributed by atoms with Crippen LogP contribution < -0.4 is 15.0 Å². The molecule has 0 saturated carbocycles. The van der Waals surface area contributed by atoms with E-state index in [2.05, 4.69) is 19.7 Å². The van der Waals surface area contributed by atoms with E-state index in [-0.39, 0.29) is 41.9 Å². The third-order valence-electron chi connectivity index (χ3n) is 4.12. The Labute approximate surface area is 186 Å². The van der Waals surface area contributed by atoms with Crippen molar-refractivity contribution in [1.82, 2.24) is 19.5 Å². The fourth-order valence-corrected chi connectivity index (χ4v) is 3.35. The second kappa shape index (κ2) is 9.98. The summed E-state index contributed by atoms with van der Waals surface area (Å²) in [5.41, 5.74) is 0.299. The number of hydrogen-bond donors (Lipinski definition) is 0. The number of alkyl halides is 3. The van der Waals surface area contributed by atoms with Crippen molar-refractivity contribution >= 4 is 9.84 Å². The van der Waals surface area contributed by atoms with Crippen LogP contribution in [0.15, 0.2) is 53.7 Å². The van der Waals surface area contributed by atoms with Crippen molar-refractivity contribution in [3.8, 4) is 28.8 Å². The molecule has 0 radical (unpaired) electrons. The van der Waals surface area contributed by atoms with Crippen molar-refractivity contribution in [1.29, 1.82) is 0 Å². The number of hydrogen-bond acceptors (Lipinski definition) is 8. The van der Waals surface area contributed by atoms with E-state index < -0.39 is 28.2 Å². The Bertz CT molecular complexity index is 1250. The third-order valence-corrected chi connectivity index (χ3v) is 5.15. The highest BCUT2D eigenvalue weighted by Gasteiger charge is 2.28. The Morgan fingerprint density at radius 1 is 1.06 bits per heavy atom. The Kier molecular flexibility index (Phi) is 7.31. The SMILES string of the molecule is CS(=O)(=O)CCCOc1nc(-c2ccncn2)cc(=O)n1-c1ccc(OCC(F)(F)F)cc1. The number of ether oxygens (including phenoxy) is 2. The topological polar surface area (TPSA) is 113 Å². The molecule has 0 N–H and O–H groups in total. The van der Waals surface area contributed by atoms with Gasteiger partial charge in [-0.2, -0.15) is 18.2 Å². The number of aromatic nitrogens is 4. The lowest BCUT2D eigenvalue weighted by atomic mass is 10.2. The summed E-state index contributed by atoms with van der Waals surface area (Å²) in [4.78, 5) is 25.1. The maximum atomic E-state index is 12.9. The van der Waals surface area contributed by atoms with E-state index in [1.165, 1.54) is 42.9 Å². The first kappa shape index (κ1) is 24.2. The molecule has 0 saturated heterocycles. The molecule has 3 rings (SSSR count). The Balaban J connectivity index is 1.92. The minimum absolute atomic E-state index is 0.0368. The summed E-state index contributed by atoms with van der Waals surface area (Å²) in [6.07, 6.45) is -0.462. The minimum atomic E-state index is -4.48. The van der Waals surface area contributed by atoms with Crippen LogP contribution in [-0.4, -0.2) is 59.3 Å². The van der Waals surface area contributed by atoms with E-state index in [0.717, 1.165) is 10.8 Å². The summed E-state index contributed by atoms with van der Waals surface area (Å²) >= 11 is 0. The lowest BCUT2D eigenvalue weighted by Crippen LogP contribution is -2.22. The first-order chi connectivity index (χ1) is 15.5. The van der Waals surface area contributed by atoms with Gasteiger partial charge in [0.05, 0.1) is 29.4 Å². The van der Waals surface area contributed by atoms with Crippen molar-refractivity contribution in [2.75, 3.05) is 25.2 Å². The molecule has 0 spiro atoms. The molecular formula is C20H19F3N4O5S. The Morgan fingerprint density at radius 2 is 1.79 bits per heavy atom. The molecular weight excluding hydrogens is 465 g/mol. The summed E-state index contributed by atoms with van der Waals surface area (Å²) in [5, 5.41) is 0. The van der Waals surface area contributed by atoms with Crippen molar-refractivity contribution in [3.05, 3.63) is 59.3 Å². The fraction of sp³-hybridized carbons (Fsp3) is 0.300. The maximum Gasteiger partial charge on any atom is 0.422 e. The Morgan fingerprint density at radius 3 is 2.39 bits per heavy atom. The molecule has 2 aromatic heterocycles. The standard InChI is InChI=1S/C20H19F3N4O5S/c1-33(29,30)10-2-9-31-19-26-17(16-7-8-24-13-25-16)11-18(28)27(19)14-3-5-15(6-4-14)32-12-20(21,22)23/h3-8,11,13H,2,9-10,12H2,1H3. The van der Waals surface area contributed by atoms with Crippen LogP contribution >= 0.6 is 0 Å². The van der Waals surface area contributed by atoms with Crippen LogP contribution in [0.25, 0.3) is 17.1 Å². The smallest absolute Gasteiger partial charge is 0.422 e. The first-order valence-electron chi connectivity index (χ1n) is 9.53. The summed E-state index contributed by atoms with van der Waals surface area (Å²) in [6.45, 7) is -1.49. The quantitative estimate of drug-likeness (QED) is 0.426. The largest absolute Gasteiger partial charge is 0.484 e. The van der Waals surface area contributed by atoms with Crippen LogP contribution in [0.2, 0.25) is 0 Å². The molecule has 33 heavy (non-hydrogen) atoms. The lowest BCUT2D eigenvalue weighted by molar-refractivity contribution is -0.153. The van der Waals surface area contributed by atoms with Crippen molar-refractivity contribution < 1.29 is 31.1 Å². The summed E-state index contributed by atoms with van der Waals surface area (Å²) in [5.74, 6) is -0.154. The van der Waals surface area contributed by atoms with Gasteiger partial charge >= 0.3 is 12.2 Å². The summed E-state index contributed by atoms with van der Waals surface area (Å²) in [7, 11) is -3.20. The second-order valence-electron chi connectivity index (χ2n) is 6.92. The van der Waals surface area contributed by atoms with Gasteiger partial charge in [0.15, 0.2) is 6.61 Å². The molecule has 0 bridgehead atoms. The summed E-state index contributed by atoms with van der Waals surface area (Å²) < 4.78 is 71.1. The number of benzene rings is 1. The first-order valence-corrected chi connectivity index (χ1v) is 11.6. The zero-order chi connectivity index (χ0) is 24.1. The van der Waals surface area contributed by atoms with Crippen molar-refractivity contribution in [2.24, 2.45) is 0 Å². The highest BCUT2D eigenvalue weighted by Crippen LogP contribution is 2.22. The molecule has 9 nitrogen and oxygen atoms in total. The summed E-state index contributed by atoms with van der Waals surface area (Å²) in [6, 6.07) is 7.95. The molecule has 2 heterocycles. The van der Waals surface area contributed by atoms with E-state index in [9.17, 15) is 26.4 Å². The van der Waals surface area contributed by atoms with Crippen LogP contribution in [0.5, 0.6) is 11.8 Å². The van der Waals surface area contributed by atoms with Gasteiger partial charge in [0.2, 0.25) is 0 Å². The van der Waals surface area contributed by atoms with Gasteiger partial charge in [-0.25, -0.2) is 23.0 Å². The molecule has 1 aromatic carbocycles. The molecule has 0 aliphatic heterocycles. The highest BCUT2D eigenvalue weighted by molar-refractivity contribution is 7.90. The number of sulfone groups is 1.